The highest BCUT2D eigenvalue weighted by Crippen LogP contribution is 2.32. The number of hydrogen-bond acceptors (Lipinski definition) is 6. The van der Waals surface area contributed by atoms with Crippen molar-refractivity contribution in [3.8, 4) is 17.1 Å². The molecule has 2 heterocycles. The zero-order valence-electron chi connectivity index (χ0n) is 16.2. The van der Waals surface area contributed by atoms with E-state index in [4.69, 9.17) is 4.74 Å². The molecule has 4 rings (SSSR count). The van der Waals surface area contributed by atoms with Gasteiger partial charge in [-0.25, -0.2) is 13.4 Å². The normalized spacial score (nSPS) is 12.0. The largest absolute Gasteiger partial charge is 0.496 e. The zero-order valence-corrected chi connectivity index (χ0v) is 17.0. The Labute approximate surface area is 165 Å². The fraction of sp³-hybridized carbons (Fsp3) is 0.211. The molecule has 1 N–H and O–H groups in total. The Balaban J connectivity index is 1.98. The van der Waals surface area contributed by atoms with E-state index in [0.29, 0.717) is 39.2 Å². The SMILES string of the molecule is COc1cc(S(C)(=O)=O)ccc1-c1nc2cc3c(cc2[nH]1)n(C)c(=O)c(=O)n3C. The third-order valence-corrected chi connectivity index (χ3v) is 6.06. The van der Waals surface area contributed by atoms with E-state index >= 15 is 0 Å². The minimum absolute atomic E-state index is 0.143. The van der Waals surface area contributed by atoms with Crippen LogP contribution in [0.4, 0.5) is 0 Å². The number of H-pyrrole nitrogens is 1. The van der Waals surface area contributed by atoms with Gasteiger partial charge >= 0.3 is 11.1 Å². The van der Waals surface area contributed by atoms with Crippen molar-refractivity contribution >= 4 is 31.9 Å². The molecule has 2 aromatic carbocycles. The molecule has 29 heavy (non-hydrogen) atoms. The van der Waals surface area contributed by atoms with Gasteiger partial charge in [-0.05, 0) is 30.3 Å². The first-order chi connectivity index (χ1) is 13.6. The summed E-state index contributed by atoms with van der Waals surface area (Å²) in [5, 5.41) is 0. The maximum absolute atomic E-state index is 12.1. The molecule has 2 aromatic heterocycles. The molecular weight excluding hydrogens is 396 g/mol. The van der Waals surface area contributed by atoms with E-state index in [1.54, 1.807) is 32.3 Å². The molecule has 0 saturated carbocycles. The Hall–Kier alpha value is -3.40. The van der Waals surface area contributed by atoms with Gasteiger partial charge in [-0.15, -0.1) is 0 Å². The van der Waals surface area contributed by atoms with Crippen molar-refractivity contribution in [1.29, 1.82) is 0 Å². The molecule has 0 aliphatic heterocycles. The average molecular weight is 414 g/mol. The smallest absolute Gasteiger partial charge is 0.316 e. The van der Waals surface area contributed by atoms with E-state index in [-0.39, 0.29) is 4.90 Å². The molecule has 0 aliphatic rings. The number of ether oxygens (including phenoxy) is 1. The van der Waals surface area contributed by atoms with E-state index in [2.05, 4.69) is 9.97 Å². The molecule has 0 saturated heterocycles. The minimum Gasteiger partial charge on any atom is -0.496 e. The third kappa shape index (κ3) is 2.92. The average Bonchev–Trinajstić information content (AvgIpc) is 3.11. The van der Waals surface area contributed by atoms with Crippen LogP contribution in [-0.4, -0.2) is 40.9 Å². The molecule has 0 radical (unpaired) electrons. The fourth-order valence-electron chi connectivity index (χ4n) is 3.30. The molecular formula is C19H18N4O5S. The lowest BCUT2D eigenvalue weighted by Crippen LogP contribution is -2.39. The number of sulfone groups is 1. The Morgan fingerprint density at radius 1 is 1.00 bits per heavy atom. The van der Waals surface area contributed by atoms with Crippen molar-refractivity contribution < 1.29 is 13.2 Å². The number of nitrogens with one attached hydrogen (secondary N) is 1. The van der Waals surface area contributed by atoms with Crippen LogP contribution in [0.15, 0.2) is 44.8 Å². The summed E-state index contributed by atoms with van der Waals surface area (Å²) >= 11 is 0. The molecule has 0 spiro atoms. The van der Waals surface area contributed by atoms with Crippen LogP contribution in [0.2, 0.25) is 0 Å². The van der Waals surface area contributed by atoms with Crippen molar-refractivity contribution in [2.24, 2.45) is 14.1 Å². The van der Waals surface area contributed by atoms with Crippen LogP contribution in [0.25, 0.3) is 33.5 Å². The molecule has 0 unspecified atom stereocenters. The van der Waals surface area contributed by atoms with Crippen molar-refractivity contribution in [1.82, 2.24) is 19.1 Å². The van der Waals surface area contributed by atoms with E-state index in [0.717, 1.165) is 6.26 Å². The number of aryl methyl sites for hydroxylation is 2. The lowest BCUT2D eigenvalue weighted by Gasteiger charge is -2.08. The van der Waals surface area contributed by atoms with Gasteiger partial charge < -0.3 is 18.9 Å². The molecule has 0 amide bonds. The number of hydrogen-bond donors (Lipinski definition) is 1. The van der Waals surface area contributed by atoms with Crippen LogP contribution in [0.3, 0.4) is 0 Å². The van der Waals surface area contributed by atoms with Crippen molar-refractivity contribution in [2.45, 2.75) is 4.90 Å². The lowest BCUT2D eigenvalue weighted by molar-refractivity contribution is 0.415. The van der Waals surface area contributed by atoms with Crippen molar-refractivity contribution in [3.05, 3.63) is 51.0 Å². The quantitative estimate of drug-likeness (QED) is 0.504. The fourth-order valence-corrected chi connectivity index (χ4v) is 3.94. The summed E-state index contributed by atoms with van der Waals surface area (Å²) in [7, 11) is 1.16. The molecule has 0 fully saturated rings. The number of aromatic amines is 1. The predicted octanol–water partition coefficient (Wildman–Crippen LogP) is 1.19. The van der Waals surface area contributed by atoms with Crippen LogP contribution in [0, 0.1) is 0 Å². The number of imidazole rings is 1. The number of rotatable bonds is 3. The Kier molecular flexibility index (Phi) is 4.12. The first-order valence-corrected chi connectivity index (χ1v) is 10.5. The maximum atomic E-state index is 12.1. The van der Waals surface area contributed by atoms with Gasteiger partial charge in [0.15, 0.2) is 9.84 Å². The zero-order chi connectivity index (χ0) is 21.1. The summed E-state index contributed by atoms with van der Waals surface area (Å²) in [6.07, 6.45) is 1.13. The standard InChI is InChI=1S/C19H18N4O5S/c1-22-14-8-12-13(9-15(14)23(2)19(25)18(22)24)21-17(20-12)11-6-5-10(29(4,26)27)7-16(11)28-3/h5-9H,1-4H3,(H,20,21). The summed E-state index contributed by atoms with van der Waals surface area (Å²) in [6.45, 7) is 0. The van der Waals surface area contributed by atoms with E-state index in [1.807, 2.05) is 0 Å². The van der Waals surface area contributed by atoms with Crippen LogP contribution in [-0.2, 0) is 23.9 Å². The molecule has 150 valence electrons. The Bertz CT molecular complexity index is 1450. The molecule has 0 atom stereocenters. The highest BCUT2D eigenvalue weighted by molar-refractivity contribution is 7.90. The Morgan fingerprint density at radius 3 is 2.21 bits per heavy atom. The highest BCUT2D eigenvalue weighted by Gasteiger charge is 2.17. The van der Waals surface area contributed by atoms with Gasteiger partial charge in [0, 0.05) is 20.4 Å². The summed E-state index contributed by atoms with van der Waals surface area (Å²) in [5.41, 5.74) is 1.76. The van der Waals surface area contributed by atoms with Crippen LogP contribution in [0.5, 0.6) is 5.75 Å². The van der Waals surface area contributed by atoms with Gasteiger partial charge in [-0.1, -0.05) is 0 Å². The van der Waals surface area contributed by atoms with E-state index < -0.39 is 21.0 Å². The summed E-state index contributed by atoms with van der Waals surface area (Å²) in [6, 6.07) is 8.03. The topological polar surface area (TPSA) is 116 Å². The van der Waals surface area contributed by atoms with E-state index in [9.17, 15) is 18.0 Å². The summed E-state index contributed by atoms with van der Waals surface area (Å²) < 4.78 is 31.6. The maximum Gasteiger partial charge on any atom is 0.316 e. The van der Waals surface area contributed by atoms with Crippen LogP contribution < -0.4 is 15.9 Å². The molecule has 0 bridgehead atoms. The van der Waals surface area contributed by atoms with E-state index in [1.165, 1.54) is 28.4 Å². The van der Waals surface area contributed by atoms with Gasteiger partial charge in [0.05, 0.1) is 39.6 Å². The molecule has 4 aromatic rings. The monoisotopic (exact) mass is 414 g/mol. The summed E-state index contributed by atoms with van der Waals surface area (Å²) in [5.74, 6) is 0.832. The number of methoxy groups -OCH3 is 1. The third-order valence-electron chi connectivity index (χ3n) is 4.95. The van der Waals surface area contributed by atoms with Gasteiger partial charge in [0.1, 0.15) is 11.6 Å². The first kappa shape index (κ1) is 18.9. The highest BCUT2D eigenvalue weighted by atomic mass is 32.2. The summed E-state index contributed by atoms with van der Waals surface area (Å²) in [4.78, 5) is 32.1. The molecule has 0 aliphatic carbocycles. The van der Waals surface area contributed by atoms with Crippen LogP contribution >= 0.6 is 0 Å². The van der Waals surface area contributed by atoms with Gasteiger partial charge in [-0.2, -0.15) is 0 Å². The Morgan fingerprint density at radius 2 is 1.62 bits per heavy atom. The van der Waals surface area contributed by atoms with Gasteiger partial charge in [-0.3, -0.25) is 9.59 Å². The number of benzene rings is 2. The first-order valence-electron chi connectivity index (χ1n) is 8.60. The second kappa shape index (κ2) is 6.31. The van der Waals surface area contributed by atoms with Crippen molar-refractivity contribution in [3.63, 3.8) is 0 Å². The molecule has 10 heteroatoms. The minimum atomic E-state index is -3.38. The molecule has 9 nitrogen and oxygen atoms in total. The van der Waals surface area contributed by atoms with Gasteiger partial charge in [0.2, 0.25) is 0 Å². The number of fused-ring (bicyclic) bond motifs is 2. The second-order valence-electron chi connectivity index (χ2n) is 6.81. The second-order valence-corrected chi connectivity index (χ2v) is 8.82. The van der Waals surface area contributed by atoms with Crippen molar-refractivity contribution in [2.75, 3.05) is 13.4 Å². The van der Waals surface area contributed by atoms with Gasteiger partial charge in [0.25, 0.3) is 0 Å². The number of aromatic nitrogens is 4. The van der Waals surface area contributed by atoms with Crippen LogP contribution in [0.1, 0.15) is 0 Å². The lowest BCUT2D eigenvalue weighted by atomic mass is 10.2. The predicted molar refractivity (Wildman–Crippen MR) is 109 cm³/mol. The number of nitrogens with zero attached hydrogens (tertiary/aromatic N) is 3.